The number of nitrogens with zero attached hydrogens (tertiary/aromatic N) is 2. The van der Waals surface area contributed by atoms with Gasteiger partial charge in [0, 0.05) is 21.7 Å². The lowest BCUT2D eigenvalue weighted by Crippen LogP contribution is -2.00. The fourth-order valence-electron chi connectivity index (χ4n) is 1.94. The maximum atomic E-state index is 6.07. The van der Waals surface area contributed by atoms with Crippen LogP contribution in [0.5, 0.6) is 0 Å². The fraction of sp³-hybridized carbons (Fsp3) is 0.308. The number of aryl methyl sites for hydroxylation is 1. The molecular formula is C13H16IN3. The standard InChI is InChI=1S/C13H16IN3/c1-8(2)11-12(16-17(3)13(11)15)9-4-6-10(14)7-5-9/h4-8H,15H2,1-3H3. The zero-order chi connectivity index (χ0) is 12.6. The van der Waals surface area contributed by atoms with E-state index in [2.05, 4.69) is 65.8 Å². The smallest absolute Gasteiger partial charge is 0.125 e. The molecule has 3 nitrogen and oxygen atoms in total. The van der Waals surface area contributed by atoms with Crippen LogP contribution < -0.4 is 5.73 Å². The molecule has 0 radical (unpaired) electrons. The van der Waals surface area contributed by atoms with E-state index in [9.17, 15) is 0 Å². The van der Waals surface area contributed by atoms with Crippen molar-refractivity contribution in [2.45, 2.75) is 19.8 Å². The van der Waals surface area contributed by atoms with E-state index in [4.69, 9.17) is 5.73 Å². The van der Waals surface area contributed by atoms with Crippen molar-refractivity contribution in [3.05, 3.63) is 33.4 Å². The SMILES string of the molecule is CC(C)c1c(-c2ccc(I)cc2)nn(C)c1N. The molecule has 1 heterocycles. The van der Waals surface area contributed by atoms with Gasteiger partial charge in [-0.25, -0.2) is 0 Å². The van der Waals surface area contributed by atoms with Crippen molar-refractivity contribution in [2.24, 2.45) is 7.05 Å². The molecule has 0 amide bonds. The third kappa shape index (κ3) is 2.31. The Labute approximate surface area is 115 Å². The van der Waals surface area contributed by atoms with Gasteiger partial charge in [-0.1, -0.05) is 26.0 Å². The molecule has 4 heteroatoms. The summed E-state index contributed by atoms with van der Waals surface area (Å²) < 4.78 is 2.98. The molecule has 90 valence electrons. The molecule has 0 aliphatic heterocycles. The van der Waals surface area contributed by atoms with Crippen LogP contribution in [0.25, 0.3) is 11.3 Å². The molecule has 17 heavy (non-hydrogen) atoms. The summed E-state index contributed by atoms with van der Waals surface area (Å²) >= 11 is 2.30. The summed E-state index contributed by atoms with van der Waals surface area (Å²) in [6, 6.07) is 8.36. The second kappa shape index (κ2) is 4.68. The number of anilines is 1. The third-order valence-electron chi connectivity index (χ3n) is 2.82. The van der Waals surface area contributed by atoms with Crippen LogP contribution in [-0.4, -0.2) is 9.78 Å². The molecule has 0 spiro atoms. The number of halogens is 1. The van der Waals surface area contributed by atoms with E-state index in [0.29, 0.717) is 5.92 Å². The Hall–Kier alpha value is -1.04. The quantitative estimate of drug-likeness (QED) is 0.851. The molecule has 0 saturated carbocycles. The Morgan fingerprint density at radius 3 is 2.35 bits per heavy atom. The van der Waals surface area contributed by atoms with E-state index in [0.717, 1.165) is 22.6 Å². The van der Waals surface area contributed by atoms with E-state index in [1.807, 2.05) is 7.05 Å². The van der Waals surface area contributed by atoms with Crippen molar-refractivity contribution in [1.29, 1.82) is 0 Å². The predicted octanol–water partition coefficient (Wildman–Crippen LogP) is 3.40. The van der Waals surface area contributed by atoms with E-state index >= 15 is 0 Å². The highest BCUT2D eigenvalue weighted by Crippen LogP contribution is 2.32. The number of nitrogens with two attached hydrogens (primary N) is 1. The van der Waals surface area contributed by atoms with Crippen LogP contribution in [-0.2, 0) is 7.05 Å². The minimum Gasteiger partial charge on any atom is -0.384 e. The summed E-state index contributed by atoms with van der Waals surface area (Å²) in [4.78, 5) is 0. The molecule has 0 atom stereocenters. The van der Waals surface area contributed by atoms with Crippen LogP contribution in [0.2, 0.25) is 0 Å². The number of rotatable bonds is 2. The van der Waals surface area contributed by atoms with Gasteiger partial charge in [0.2, 0.25) is 0 Å². The van der Waals surface area contributed by atoms with Gasteiger partial charge in [-0.15, -0.1) is 0 Å². The molecule has 2 rings (SSSR count). The van der Waals surface area contributed by atoms with Gasteiger partial charge in [0.05, 0.1) is 5.69 Å². The van der Waals surface area contributed by atoms with Crippen molar-refractivity contribution in [1.82, 2.24) is 9.78 Å². The molecule has 2 aromatic rings. The molecule has 2 N–H and O–H groups in total. The molecule has 0 bridgehead atoms. The first-order chi connectivity index (χ1) is 8.00. The monoisotopic (exact) mass is 341 g/mol. The zero-order valence-corrected chi connectivity index (χ0v) is 12.4. The fourth-order valence-corrected chi connectivity index (χ4v) is 2.30. The maximum Gasteiger partial charge on any atom is 0.125 e. The Bertz CT molecular complexity index is 526. The number of benzene rings is 1. The first-order valence-electron chi connectivity index (χ1n) is 5.59. The lowest BCUT2D eigenvalue weighted by molar-refractivity contribution is 0.780. The van der Waals surface area contributed by atoms with Crippen molar-refractivity contribution in [3.8, 4) is 11.3 Å². The largest absolute Gasteiger partial charge is 0.384 e. The highest BCUT2D eigenvalue weighted by atomic mass is 127. The number of nitrogen functional groups attached to an aromatic ring is 1. The maximum absolute atomic E-state index is 6.07. The number of hydrogen-bond donors (Lipinski definition) is 1. The topological polar surface area (TPSA) is 43.8 Å². The zero-order valence-electron chi connectivity index (χ0n) is 10.2. The first kappa shape index (κ1) is 12.4. The summed E-state index contributed by atoms with van der Waals surface area (Å²) in [6.45, 7) is 4.28. The summed E-state index contributed by atoms with van der Waals surface area (Å²) in [6.07, 6.45) is 0. The molecule has 0 aliphatic carbocycles. The van der Waals surface area contributed by atoms with E-state index in [1.165, 1.54) is 3.57 Å². The molecule has 1 aromatic carbocycles. The number of hydrogen-bond acceptors (Lipinski definition) is 2. The van der Waals surface area contributed by atoms with Gasteiger partial charge in [0.15, 0.2) is 0 Å². The molecule has 1 aromatic heterocycles. The molecule has 0 aliphatic rings. The number of aromatic nitrogens is 2. The van der Waals surface area contributed by atoms with Crippen LogP contribution in [0.15, 0.2) is 24.3 Å². The highest BCUT2D eigenvalue weighted by molar-refractivity contribution is 14.1. The van der Waals surface area contributed by atoms with Gasteiger partial charge in [0.1, 0.15) is 5.82 Å². The van der Waals surface area contributed by atoms with Gasteiger partial charge >= 0.3 is 0 Å². The lowest BCUT2D eigenvalue weighted by Gasteiger charge is -2.07. The van der Waals surface area contributed by atoms with Crippen LogP contribution in [0.4, 0.5) is 5.82 Å². The highest BCUT2D eigenvalue weighted by Gasteiger charge is 2.17. The lowest BCUT2D eigenvalue weighted by atomic mass is 9.99. The second-order valence-electron chi connectivity index (χ2n) is 4.43. The third-order valence-corrected chi connectivity index (χ3v) is 3.54. The van der Waals surface area contributed by atoms with Gasteiger partial charge in [-0.2, -0.15) is 5.10 Å². The average molecular weight is 341 g/mol. The van der Waals surface area contributed by atoms with E-state index in [1.54, 1.807) is 4.68 Å². The molecule has 0 unspecified atom stereocenters. The Morgan fingerprint density at radius 2 is 1.82 bits per heavy atom. The summed E-state index contributed by atoms with van der Waals surface area (Å²) in [7, 11) is 1.89. The van der Waals surface area contributed by atoms with Gasteiger partial charge in [-0.05, 0) is 40.6 Å². The van der Waals surface area contributed by atoms with Crippen molar-refractivity contribution in [3.63, 3.8) is 0 Å². The predicted molar refractivity (Wildman–Crippen MR) is 79.9 cm³/mol. The summed E-state index contributed by atoms with van der Waals surface area (Å²) in [5.41, 5.74) is 9.33. The van der Waals surface area contributed by atoms with Crippen molar-refractivity contribution in [2.75, 3.05) is 5.73 Å². The van der Waals surface area contributed by atoms with Crippen LogP contribution >= 0.6 is 22.6 Å². The van der Waals surface area contributed by atoms with E-state index < -0.39 is 0 Å². The molecular weight excluding hydrogens is 325 g/mol. The van der Waals surface area contributed by atoms with E-state index in [-0.39, 0.29) is 0 Å². The van der Waals surface area contributed by atoms with Crippen molar-refractivity contribution >= 4 is 28.4 Å². The molecule has 0 saturated heterocycles. The Kier molecular flexibility index (Phi) is 3.42. The Balaban J connectivity index is 2.59. The minimum absolute atomic E-state index is 0.373. The Morgan fingerprint density at radius 1 is 1.24 bits per heavy atom. The first-order valence-corrected chi connectivity index (χ1v) is 6.67. The minimum atomic E-state index is 0.373. The molecule has 0 fully saturated rings. The van der Waals surface area contributed by atoms with Crippen molar-refractivity contribution < 1.29 is 0 Å². The van der Waals surface area contributed by atoms with Crippen LogP contribution in [0.1, 0.15) is 25.3 Å². The average Bonchev–Trinajstić information content (AvgIpc) is 2.56. The summed E-state index contributed by atoms with van der Waals surface area (Å²) in [5, 5.41) is 4.52. The van der Waals surface area contributed by atoms with Gasteiger partial charge in [-0.3, -0.25) is 4.68 Å². The van der Waals surface area contributed by atoms with Crippen LogP contribution in [0.3, 0.4) is 0 Å². The second-order valence-corrected chi connectivity index (χ2v) is 5.68. The summed E-state index contributed by atoms with van der Waals surface area (Å²) in [5.74, 6) is 1.13. The van der Waals surface area contributed by atoms with Gasteiger partial charge in [0.25, 0.3) is 0 Å². The van der Waals surface area contributed by atoms with Gasteiger partial charge < -0.3 is 5.73 Å². The van der Waals surface area contributed by atoms with Crippen LogP contribution in [0, 0.1) is 3.57 Å². The normalized spacial score (nSPS) is 11.1.